The van der Waals surface area contributed by atoms with E-state index in [1.807, 2.05) is 33.9 Å². The van der Waals surface area contributed by atoms with Crippen LogP contribution in [0.15, 0.2) is 29.3 Å². The number of nitrogens with zero attached hydrogens (tertiary/aromatic N) is 1. The van der Waals surface area contributed by atoms with E-state index in [9.17, 15) is 0 Å². The average molecular weight is 241 g/mol. The van der Waals surface area contributed by atoms with Crippen molar-refractivity contribution in [2.24, 2.45) is 4.99 Å². The van der Waals surface area contributed by atoms with Crippen LogP contribution in [0.3, 0.4) is 0 Å². The van der Waals surface area contributed by atoms with Gasteiger partial charge in [0, 0.05) is 17.2 Å². The Bertz CT molecular complexity index is 519. The Morgan fingerprint density at radius 1 is 0.722 bits per heavy atom. The van der Waals surface area contributed by atoms with E-state index in [1.54, 1.807) is 0 Å². The number of aliphatic imine (C=N–C) groups is 1. The Balaban J connectivity index is 0.000000371. The molecule has 1 nitrogen and oxygen atoms in total. The summed E-state index contributed by atoms with van der Waals surface area (Å²) >= 11 is 0. The predicted molar refractivity (Wildman–Crippen MR) is 83.4 cm³/mol. The number of rotatable bonds is 0. The van der Waals surface area contributed by atoms with E-state index in [-0.39, 0.29) is 0 Å². The van der Waals surface area contributed by atoms with Crippen LogP contribution in [0.2, 0.25) is 0 Å². The van der Waals surface area contributed by atoms with Crippen molar-refractivity contribution in [2.45, 2.75) is 41.5 Å². The zero-order chi connectivity index (χ0) is 13.7. The first-order valence-electron chi connectivity index (χ1n) is 6.84. The third-order valence-corrected chi connectivity index (χ3v) is 2.93. The molecule has 1 heterocycles. The molecule has 1 heteroatoms. The quantitative estimate of drug-likeness (QED) is 0.487. The van der Waals surface area contributed by atoms with Gasteiger partial charge in [-0.3, -0.25) is 4.99 Å². The minimum absolute atomic E-state index is 1.12. The second-order valence-corrected chi connectivity index (χ2v) is 3.88. The maximum Gasteiger partial charge on any atom is 0.0715 e. The highest BCUT2D eigenvalue weighted by atomic mass is 14.7. The second-order valence-electron chi connectivity index (χ2n) is 3.88. The molecule has 18 heavy (non-hydrogen) atoms. The van der Waals surface area contributed by atoms with Crippen molar-refractivity contribution in [3.8, 4) is 0 Å². The van der Waals surface area contributed by atoms with Crippen LogP contribution in [0.4, 0.5) is 5.69 Å². The van der Waals surface area contributed by atoms with Crippen molar-refractivity contribution in [1.82, 2.24) is 0 Å². The standard InChI is InChI=1S/C13H11N.2C2H6/c1-8-3-5-10-7-14-11-6-4-9(2)12(8)13(10)11;2*1-2/h3-7H,1-2H3;2*1-2H3. The van der Waals surface area contributed by atoms with Gasteiger partial charge in [0.15, 0.2) is 0 Å². The van der Waals surface area contributed by atoms with Gasteiger partial charge in [-0.2, -0.15) is 0 Å². The van der Waals surface area contributed by atoms with Gasteiger partial charge in [-0.1, -0.05) is 45.9 Å². The summed E-state index contributed by atoms with van der Waals surface area (Å²) in [5, 5.41) is 2.70. The summed E-state index contributed by atoms with van der Waals surface area (Å²) in [5.41, 5.74) is 5.05. The van der Waals surface area contributed by atoms with Gasteiger partial charge in [0.1, 0.15) is 0 Å². The van der Waals surface area contributed by atoms with Crippen LogP contribution in [-0.4, -0.2) is 6.21 Å². The molecular weight excluding hydrogens is 218 g/mol. The monoisotopic (exact) mass is 241 g/mol. The van der Waals surface area contributed by atoms with E-state index in [0.29, 0.717) is 0 Å². The molecular formula is C17H23N. The molecule has 0 unspecified atom stereocenters. The van der Waals surface area contributed by atoms with Gasteiger partial charge in [0.25, 0.3) is 0 Å². The molecule has 1 aliphatic heterocycles. The molecule has 0 amide bonds. The summed E-state index contributed by atoms with van der Waals surface area (Å²) in [6.07, 6.45) is 1.95. The third-order valence-electron chi connectivity index (χ3n) is 2.93. The first-order valence-corrected chi connectivity index (χ1v) is 6.84. The lowest BCUT2D eigenvalue weighted by Crippen LogP contribution is -1.85. The van der Waals surface area contributed by atoms with Gasteiger partial charge >= 0.3 is 0 Å². The predicted octanol–water partition coefficient (Wildman–Crippen LogP) is 5.57. The highest BCUT2D eigenvalue weighted by Gasteiger charge is 2.12. The lowest BCUT2D eigenvalue weighted by atomic mass is 9.97. The van der Waals surface area contributed by atoms with Gasteiger partial charge in [-0.25, -0.2) is 0 Å². The van der Waals surface area contributed by atoms with Crippen molar-refractivity contribution >= 4 is 22.7 Å². The summed E-state index contributed by atoms with van der Waals surface area (Å²) in [6, 6.07) is 8.57. The van der Waals surface area contributed by atoms with Gasteiger partial charge < -0.3 is 0 Å². The Morgan fingerprint density at radius 2 is 1.28 bits per heavy atom. The molecule has 2 aromatic rings. The van der Waals surface area contributed by atoms with Crippen LogP contribution in [0.5, 0.6) is 0 Å². The number of hydrogen-bond donors (Lipinski definition) is 0. The third kappa shape index (κ3) is 2.31. The SMILES string of the molecule is CC.CC.Cc1ccc2c3c(ccc(C)c13)N=C2. The van der Waals surface area contributed by atoms with Crippen LogP contribution < -0.4 is 0 Å². The molecule has 0 saturated heterocycles. The van der Waals surface area contributed by atoms with Gasteiger partial charge in [-0.15, -0.1) is 0 Å². The zero-order valence-electron chi connectivity index (χ0n) is 12.3. The van der Waals surface area contributed by atoms with Gasteiger partial charge in [-0.05, 0) is 36.4 Å². The normalized spacial score (nSPS) is 10.6. The Kier molecular flexibility index (Phi) is 5.08. The van der Waals surface area contributed by atoms with Gasteiger partial charge in [0.05, 0.1) is 5.69 Å². The molecule has 0 radical (unpaired) electrons. The van der Waals surface area contributed by atoms with E-state index >= 15 is 0 Å². The highest BCUT2D eigenvalue weighted by Crippen LogP contribution is 2.36. The highest BCUT2D eigenvalue weighted by molar-refractivity contribution is 6.12. The molecule has 0 spiro atoms. The van der Waals surface area contributed by atoms with Crippen LogP contribution in [-0.2, 0) is 0 Å². The van der Waals surface area contributed by atoms with Crippen LogP contribution in [0.1, 0.15) is 44.4 Å². The molecule has 0 aromatic heterocycles. The summed E-state index contributed by atoms with van der Waals surface area (Å²) in [7, 11) is 0. The molecule has 0 atom stereocenters. The minimum atomic E-state index is 1.12. The summed E-state index contributed by atoms with van der Waals surface area (Å²) in [4.78, 5) is 4.40. The maximum absolute atomic E-state index is 4.40. The Morgan fingerprint density at radius 3 is 1.89 bits per heavy atom. The first kappa shape index (κ1) is 14.4. The van der Waals surface area contributed by atoms with Crippen molar-refractivity contribution in [3.63, 3.8) is 0 Å². The van der Waals surface area contributed by atoms with Gasteiger partial charge in [0.2, 0.25) is 0 Å². The molecule has 0 bridgehead atoms. The average Bonchev–Trinajstić information content (AvgIpc) is 2.84. The molecule has 1 aliphatic rings. The fourth-order valence-corrected chi connectivity index (χ4v) is 2.23. The van der Waals surface area contributed by atoms with E-state index in [4.69, 9.17) is 0 Å². The Labute approximate surface area is 111 Å². The Hall–Kier alpha value is -1.63. The van der Waals surface area contributed by atoms with E-state index in [0.717, 1.165) is 5.69 Å². The summed E-state index contributed by atoms with van der Waals surface area (Å²) < 4.78 is 0. The van der Waals surface area contributed by atoms with Crippen molar-refractivity contribution in [1.29, 1.82) is 0 Å². The number of aryl methyl sites for hydroxylation is 2. The maximum atomic E-state index is 4.40. The molecule has 3 rings (SSSR count). The van der Waals surface area contributed by atoms with Crippen LogP contribution in [0, 0.1) is 13.8 Å². The molecule has 96 valence electrons. The first-order chi connectivity index (χ1) is 8.77. The fourth-order valence-electron chi connectivity index (χ4n) is 2.23. The molecule has 0 aliphatic carbocycles. The van der Waals surface area contributed by atoms with E-state index in [2.05, 4.69) is 43.1 Å². The van der Waals surface area contributed by atoms with Crippen LogP contribution in [0.25, 0.3) is 10.8 Å². The lowest BCUT2D eigenvalue weighted by Gasteiger charge is -2.07. The minimum Gasteiger partial charge on any atom is -0.256 e. The smallest absolute Gasteiger partial charge is 0.0715 e. The van der Waals surface area contributed by atoms with Crippen molar-refractivity contribution < 1.29 is 0 Å². The molecule has 0 N–H and O–H groups in total. The van der Waals surface area contributed by atoms with Crippen LogP contribution >= 0.6 is 0 Å². The van der Waals surface area contributed by atoms with E-state index < -0.39 is 0 Å². The lowest BCUT2D eigenvalue weighted by molar-refractivity contribution is 1.46. The summed E-state index contributed by atoms with van der Waals surface area (Å²) in [5.74, 6) is 0. The topological polar surface area (TPSA) is 12.4 Å². The number of benzene rings is 2. The summed E-state index contributed by atoms with van der Waals surface area (Å²) in [6.45, 7) is 12.3. The molecule has 2 aromatic carbocycles. The van der Waals surface area contributed by atoms with E-state index in [1.165, 1.54) is 27.5 Å². The molecule has 0 fully saturated rings. The zero-order valence-corrected chi connectivity index (χ0v) is 12.3. The fraction of sp³-hybridized carbons (Fsp3) is 0.353. The van der Waals surface area contributed by atoms with Crippen molar-refractivity contribution in [3.05, 3.63) is 41.0 Å². The largest absolute Gasteiger partial charge is 0.256 e. The molecule has 0 saturated carbocycles. The second kappa shape index (κ2) is 6.34. The van der Waals surface area contributed by atoms with Crippen molar-refractivity contribution in [2.75, 3.05) is 0 Å². The number of hydrogen-bond acceptors (Lipinski definition) is 1.